The van der Waals surface area contributed by atoms with E-state index in [9.17, 15) is 0 Å². The van der Waals surface area contributed by atoms with Crippen molar-refractivity contribution >= 4 is 17.2 Å². The van der Waals surface area contributed by atoms with Crippen LogP contribution in [0.15, 0.2) is 0 Å². The fourth-order valence-electron chi connectivity index (χ4n) is 2.45. The van der Waals surface area contributed by atoms with E-state index in [1.807, 2.05) is 0 Å². The Hall–Kier alpha value is -0.150. The molecule has 76 valence electrons. The average molecular weight is 200 g/mol. The van der Waals surface area contributed by atoms with Crippen LogP contribution >= 0.6 is 12.2 Å². The van der Waals surface area contributed by atoms with Crippen LogP contribution in [-0.4, -0.2) is 28.0 Å². The Morgan fingerprint density at radius 1 is 1.62 bits per heavy atom. The normalized spacial score (nSPS) is 30.3. The minimum atomic E-state index is 0.231. The highest BCUT2D eigenvalue weighted by Gasteiger charge is 2.39. The summed E-state index contributed by atoms with van der Waals surface area (Å²) in [6, 6.07) is 0.231. The molecule has 0 bridgehead atoms. The van der Waals surface area contributed by atoms with E-state index in [2.05, 4.69) is 32.6 Å². The van der Waals surface area contributed by atoms with Gasteiger partial charge in [-0.2, -0.15) is 0 Å². The van der Waals surface area contributed by atoms with Gasteiger partial charge in [-0.1, -0.05) is 19.1 Å². The van der Waals surface area contributed by atoms with E-state index in [0.717, 1.165) is 12.5 Å². The molecule has 3 heteroatoms. The summed E-state index contributed by atoms with van der Waals surface area (Å²) in [5.74, 6) is 0.756. The third-order valence-corrected chi connectivity index (χ3v) is 3.35. The van der Waals surface area contributed by atoms with Crippen molar-refractivity contribution in [2.24, 2.45) is 11.7 Å². The van der Waals surface area contributed by atoms with Gasteiger partial charge in [0.25, 0.3) is 0 Å². The third kappa shape index (κ3) is 2.20. The number of nitrogens with zero attached hydrogens (tertiary/aromatic N) is 1. The maximum Gasteiger partial charge on any atom is 0.0899 e. The lowest BCUT2D eigenvalue weighted by atomic mass is 9.97. The molecule has 0 aliphatic carbocycles. The van der Waals surface area contributed by atoms with Crippen LogP contribution in [0.5, 0.6) is 0 Å². The van der Waals surface area contributed by atoms with Gasteiger partial charge < -0.3 is 5.73 Å². The van der Waals surface area contributed by atoms with Crippen LogP contribution in [0.2, 0.25) is 0 Å². The van der Waals surface area contributed by atoms with E-state index in [0.29, 0.717) is 4.99 Å². The highest BCUT2D eigenvalue weighted by molar-refractivity contribution is 7.80. The van der Waals surface area contributed by atoms with Crippen molar-refractivity contribution in [3.8, 4) is 0 Å². The maximum absolute atomic E-state index is 5.67. The molecule has 0 aromatic heterocycles. The zero-order valence-corrected chi connectivity index (χ0v) is 9.82. The molecule has 2 nitrogen and oxygen atoms in total. The Bertz CT molecular complexity index is 213. The molecule has 1 saturated heterocycles. The molecule has 2 atom stereocenters. The van der Waals surface area contributed by atoms with E-state index in [-0.39, 0.29) is 11.6 Å². The van der Waals surface area contributed by atoms with Crippen LogP contribution in [0.3, 0.4) is 0 Å². The van der Waals surface area contributed by atoms with Crippen molar-refractivity contribution in [1.29, 1.82) is 0 Å². The molecule has 1 fully saturated rings. The maximum atomic E-state index is 5.67. The summed E-state index contributed by atoms with van der Waals surface area (Å²) in [4.78, 5) is 3.03. The third-order valence-electron chi connectivity index (χ3n) is 3.01. The van der Waals surface area contributed by atoms with E-state index >= 15 is 0 Å². The number of nitrogens with two attached hydrogens (primary N) is 1. The second kappa shape index (κ2) is 3.54. The molecule has 2 N–H and O–H groups in total. The van der Waals surface area contributed by atoms with Crippen LogP contribution in [-0.2, 0) is 0 Å². The zero-order chi connectivity index (χ0) is 10.2. The highest BCUT2D eigenvalue weighted by atomic mass is 32.1. The van der Waals surface area contributed by atoms with Crippen LogP contribution < -0.4 is 5.73 Å². The SMILES string of the molecule is CC1CN(C(C)C(N)=S)C(C)(C)C1. The molecule has 0 aromatic rings. The van der Waals surface area contributed by atoms with Crippen molar-refractivity contribution < 1.29 is 0 Å². The van der Waals surface area contributed by atoms with Crippen molar-refractivity contribution in [2.45, 2.75) is 45.7 Å². The fraction of sp³-hybridized carbons (Fsp3) is 0.900. The molecule has 0 radical (unpaired) electrons. The highest BCUT2D eigenvalue weighted by Crippen LogP contribution is 2.33. The van der Waals surface area contributed by atoms with Gasteiger partial charge in [-0.25, -0.2) is 0 Å². The van der Waals surface area contributed by atoms with Gasteiger partial charge in [0.2, 0.25) is 0 Å². The molecule has 0 saturated carbocycles. The largest absolute Gasteiger partial charge is 0.392 e. The van der Waals surface area contributed by atoms with Gasteiger partial charge in [-0.15, -0.1) is 0 Å². The van der Waals surface area contributed by atoms with Gasteiger partial charge in [0.15, 0.2) is 0 Å². The van der Waals surface area contributed by atoms with E-state index in [1.165, 1.54) is 6.42 Å². The van der Waals surface area contributed by atoms with Gasteiger partial charge in [-0.3, -0.25) is 4.90 Å². The predicted octanol–water partition coefficient (Wildman–Crippen LogP) is 1.78. The second-order valence-electron chi connectivity index (χ2n) is 4.85. The zero-order valence-electron chi connectivity index (χ0n) is 9.00. The minimum Gasteiger partial charge on any atom is -0.392 e. The summed E-state index contributed by atoms with van der Waals surface area (Å²) in [6.45, 7) is 10.0. The summed E-state index contributed by atoms with van der Waals surface area (Å²) in [6.07, 6.45) is 1.24. The summed E-state index contributed by atoms with van der Waals surface area (Å²) in [5.41, 5.74) is 5.92. The molecular formula is C10H20N2S. The summed E-state index contributed by atoms with van der Waals surface area (Å²) >= 11 is 5.03. The van der Waals surface area contributed by atoms with Crippen molar-refractivity contribution in [3.05, 3.63) is 0 Å². The smallest absolute Gasteiger partial charge is 0.0899 e. The van der Waals surface area contributed by atoms with Crippen LogP contribution in [0, 0.1) is 5.92 Å². The second-order valence-corrected chi connectivity index (χ2v) is 5.32. The lowest BCUT2D eigenvalue weighted by Gasteiger charge is -2.36. The predicted molar refractivity (Wildman–Crippen MR) is 60.8 cm³/mol. The topological polar surface area (TPSA) is 29.3 Å². The van der Waals surface area contributed by atoms with Gasteiger partial charge in [0.05, 0.1) is 11.0 Å². The number of likely N-dealkylation sites (tertiary alicyclic amines) is 1. The van der Waals surface area contributed by atoms with Crippen LogP contribution in [0.4, 0.5) is 0 Å². The lowest BCUT2D eigenvalue weighted by Crippen LogP contribution is -2.49. The Kier molecular flexibility index (Phi) is 2.98. The van der Waals surface area contributed by atoms with E-state index in [1.54, 1.807) is 0 Å². The Morgan fingerprint density at radius 2 is 2.15 bits per heavy atom. The van der Waals surface area contributed by atoms with Gasteiger partial charge in [-0.05, 0) is 33.1 Å². The molecule has 2 unspecified atom stereocenters. The lowest BCUT2D eigenvalue weighted by molar-refractivity contribution is 0.158. The summed E-state index contributed by atoms with van der Waals surface area (Å²) in [5, 5.41) is 0. The van der Waals surface area contributed by atoms with Crippen LogP contribution in [0.25, 0.3) is 0 Å². The summed E-state index contributed by atoms with van der Waals surface area (Å²) < 4.78 is 0. The molecule has 1 aliphatic heterocycles. The first-order valence-electron chi connectivity index (χ1n) is 4.90. The first-order valence-corrected chi connectivity index (χ1v) is 5.31. The summed E-state index contributed by atoms with van der Waals surface area (Å²) in [7, 11) is 0. The Morgan fingerprint density at radius 3 is 2.46 bits per heavy atom. The standard InChI is InChI=1S/C10H20N2S/c1-7-5-10(3,4)12(6-7)8(2)9(11)13/h7-8H,5-6H2,1-4H3,(H2,11,13). The average Bonchev–Trinajstić information content (AvgIpc) is 2.22. The van der Waals surface area contributed by atoms with Gasteiger partial charge in [0.1, 0.15) is 0 Å². The molecule has 0 aromatic carbocycles. The van der Waals surface area contributed by atoms with Crippen LogP contribution in [0.1, 0.15) is 34.1 Å². The van der Waals surface area contributed by atoms with Crippen molar-refractivity contribution in [2.75, 3.05) is 6.54 Å². The number of hydrogen-bond acceptors (Lipinski definition) is 2. The molecule has 1 aliphatic rings. The molecule has 1 rings (SSSR count). The molecule has 0 amide bonds. The van der Waals surface area contributed by atoms with Crippen molar-refractivity contribution in [3.63, 3.8) is 0 Å². The first-order chi connectivity index (χ1) is 5.84. The van der Waals surface area contributed by atoms with E-state index in [4.69, 9.17) is 18.0 Å². The fourth-order valence-corrected chi connectivity index (χ4v) is 2.58. The number of rotatable bonds is 2. The minimum absolute atomic E-state index is 0.231. The van der Waals surface area contributed by atoms with Crippen molar-refractivity contribution in [1.82, 2.24) is 4.90 Å². The quantitative estimate of drug-likeness (QED) is 0.689. The molecule has 0 spiro atoms. The Labute approximate surface area is 86.5 Å². The molecule has 13 heavy (non-hydrogen) atoms. The van der Waals surface area contributed by atoms with Gasteiger partial charge in [0, 0.05) is 12.1 Å². The monoisotopic (exact) mass is 200 g/mol. The number of hydrogen-bond donors (Lipinski definition) is 1. The molecular weight excluding hydrogens is 180 g/mol. The number of thiocarbonyl (C=S) groups is 1. The molecule has 1 heterocycles. The van der Waals surface area contributed by atoms with Gasteiger partial charge >= 0.3 is 0 Å². The van der Waals surface area contributed by atoms with E-state index < -0.39 is 0 Å². The first kappa shape index (κ1) is 10.9. The Balaban J connectivity index is 2.75.